The second kappa shape index (κ2) is 5.21. The van der Waals surface area contributed by atoms with Crippen LogP contribution in [0, 0.1) is 10.1 Å². The zero-order valence-electron chi connectivity index (χ0n) is 7.84. The molecule has 0 aliphatic heterocycles. The first-order valence-corrected chi connectivity index (χ1v) is 4.30. The van der Waals surface area contributed by atoms with E-state index in [9.17, 15) is 19.6 Å². The topological polar surface area (TPSA) is 63.4 Å². The van der Waals surface area contributed by atoms with Crippen molar-refractivity contribution in [3.05, 3.63) is 52.1 Å². The van der Waals surface area contributed by atoms with Crippen LogP contribution in [-0.2, 0) is 0 Å². The minimum Gasteiger partial charge on any atom is -0.384 e. The third-order valence-corrected chi connectivity index (χ3v) is 1.85. The molecule has 15 heavy (non-hydrogen) atoms. The molecule has 1 aromatic carbocycles. The summed E-state index contributed by atoms with van der Waals surface area (Å²) in [6, 6.07) is 5.46. The highest BCUT2D eigenvalue weighted by molar-refractivity contribution is 5.34. The number of hydrogen-bond donors (Lipinski definition) is 1. The molecule has 0 radical (unpaired) electrons. The first kappa shape index (κ1) is 11.3. The van der Waals surface area contributed by atoms with Crippen molar-refractivity contribution >= 4 is 5.69 Å². The van der Waals surface area contributed by atoms with E-state index in [4.69, 9.17) is 0 Å². The van der Waals surface area contributed by atoms with Gasteiger partial charge in [-0.05, 0) is 17.7 Å². The number of benzene rings is 1. The van der Waals surface area contributed by atoms with E-state index in [1.165, 1.54) is 36.4 Å². The summed E-state index contributed by atoms with van der Waals surface area (Å²) in [5, 5.41) is 19.8. The highest BCUT2D eigenvalue weighted by atomic mass is 19.1. The Balaban J connectivity index is 2.79. The zero-order valence-corrected chi connectivity index (χ0v) is 7.84. The van der Waals surface area contributed by atoms with E-state index in [1.54, 1.807) is 0 Å². The molecule has 1 rings (SSSR count). The molecule has 0 saturated heterocycles. The van der Waals surface area contributed by atoms with Crippen molar-refractivity contribution < 1.29 is 14.4 Å². The van der Waals surface area contributed by atoms with Gasteiger partial charge in [-0.1, -0.05) is 12.2 Å². The highest BCUT2D eigenvalue weighted by Crippen LogP contribution is 2.18. The van der Waals surface area contributed by atoms with Gasteiger partial charge in [-0.15, -0.1) is 0 Å². The molecule has 0 fully saturated rings. The number of aliphatic hydroxyl groups is 1. The fraction of sp³-hybridized carbons (Fsp3) is 0.200. The largest absolute Gasteiger partial charge is 0.384 e. The van der Waals surface area contributed by atoms with Gasteiger partial charge < -0.3 is 5.11 Å². The number of non-ortho nitro benzene ring substituents is 1. The van der Waals surface area contributed by atoms with E-state index in [2.05, 4.69) is 0 Å². The molecule has 0 saturated carbocycles. The van der Waals surface area contributed by atoms with Gasteiger partial charge in [-0.2, -0.15) is 0 Å². The van der Waals surface area contributed by atoms with E-state index < -0.39 is 17.7 Å². The fourth-order valence-corrected chi connectivity index (χ4v) is 1.08. The number of alkyl halides is 1. The van der Waals surface area contributed by atoms with Gasteiger partial charge in [-0.25, -0.2) is 4.39 Å². The maximum Gasteiger partial charge on any atom is 0.269 e. The lowest BCUT2D eigenvalue weighted by molar-refractivity contribution is -0.384. The molecule has 1 N–H and O–H groups in total. The van der Waals surface area contributed by atoms with Crippen LogP contribution in [0.15, 0.2) is 36.4 Å². The zero-order chi connectivity index (χ0) is 11.3. The SMILES string of the molecule is O=[N+]([O-])c1ccc([C@H](O)/C=C/CF)cc1. The van der Waals surface area contributed by atoms with Crippen molar-refractivity contribution in [1.29, 1.82) is 0 Å². The van der Waals surface area contributed by atoms with E-state index in [-0.39, 0.29) is 5.69 Å². The van der Waals surface area contributed by atoms with Crippen molar-refractivity contribution in [1.82, 2.24) is 0 Å². The van der Waals surface area contributed by atoms with Crippen molar-refractivity contribution in [2.75, 3.05) is 6.67 Å². The van der Waals surface area contributed by atoms with Crippen molar-refractivity contribution in [2.45, 2.75) is 6.10 Å². The quantitative estimate of drug-likeness (QED) is 0.471. The summed E-state index contributed by atoms with van der Waals surface area (Å²) >= 11 is 0. The van der Waals surface area contributed by atoms with Crippen LogP contribution >= 0.6 is 0 Å². The number of aliphatic hydroxyl groups excluding tert-OH is 1. The lowest BCUT2D eigenvalue weighted by Crippen LogP contribution is -1.94. The van der Waals surface area contributed by atoms with Crippen molar-refractivity contribution in [2.24, 2.45) is 0 Å². The fourth-order valence-electron chi connectivity index (χ4n) is 1.08. The van der Waals surface area contributed by atoms with Crippen molar-refractivity contribution in [3.8, 4) is 0 Å². The summed E-state index contributed by atoms with van der Waals surface area (Å²) in [5.41, 5.74) is 0.450. The average Bonchev–Trinajstić information content (AvgIpc) is 2.26. The number of nitro groups is 1. The molecular weight excluding hydrogens is 201 g/mol. The van der Waals surface area contributed by atoms with Gasteiger partial charge in [-0.3, -0.25) is 10.1 Å². The lowest BCUT2D eigenvalue weighted by atomic mass is 10.1. The predicted molar refractivity (Wildman–Crippen MR) is 53.2 cm³/mol. The van der Waals surface area contributed by atoms with Crippen LogP contribution in [0.1, 0.15) is 11.7 Å². The van der Waals surface area contributed by atoms with Gasteiger partial charge in [0, 0.05) is 12.1 Å². The highest BCUT2D eigenvalue weighted by Gasteiger charge is 2.07. The minimum atomic E-state index is -0.929. The molecule has 5 heteroatoms. The van der Waals surface area contributed by atoms with E-state index in [1.807, 2.05) is 0 Å². The molecule has 1 atom stereocenters. The van der Waals surface area contributed by atoms with Crippen molar-refractivity contribution in [3.63, 3.8) is 0 Å². The number of nitrogens with zero attached hydrogens (tertiary/aromatic N) is 1. The van der Waals surface area contributed by atoms with Crippen LogP contribution in [0.5, 0.6) is 0 Å². The first-order valence-electron chi connectivity index (χ1n) is 4.30. The molecule has 0 heterocycles. The molecule has 1 aromatic rings. The molecule has 0 bridgehead atoms. The van der Waals surface area contributed by atoms with Gasteiger partial charge in [0.25, 0.3) is 5.69 Å². The minimum absolute atomic E-state index is 0.0413. The number of nitro benzene ring substituents is 1. The maximum atomic E-state index is 11.8. The Morgan fingerprint density at radius 3 is 2.53 bits per heavy atom. The molecule has 0 amide bonds. The van der Waals surface area contributed by atoms with Crippen LogP contribution in [0.25, 0.3) is 0 Å². The van der Waals surface area contributed by atoms with Crippen LogP contribution in [0.3, 0.4) is 0 Å². The summed E-state index contributed by atoms with van der Waals surface area (Å²) in [6.45, 7) is -0.649. The molecule has 4 nitrogen and oxygen atoms in total. The van der Waals surface area contributed by atoms with Crippen LogP contribution in [0.2, 0.25) is 0 Å². The van der Waals surface area contributed by atoms with Gasteiger partial charge in [0.15, 0.2) is 0 Å². The van der Waals surface area contributed by atoms with E-state index >= 15 is 0 Å². The molecule has 0 aromatic heterocycles. The summed E-state index contributed by atoms with van der Waals surface area (Å²) in [5.74, 6) is 0. The summed E-state index contributed by atoms with van der Waals surface area (Å²) in [7, 11) is 0. The third kappa shape index (κ3) is 3.14. The summed E-state index contributed by atoms with van der Waals surface area (Å²) in [4.78, 5) is 9.81. The van der Waals surface area contributed by atoms with Gasteiger partial charge in [0.2, 0.25) is 0 Å². The van der Waals surface area contributed by atoms with Gasteiger partial charge in [0.05, 0.1) is 11.0 Å². The average molecular weight is 211 g/mol. The number of hydrogen-bond acceptors (Lipinski definition) is 3. The Hall–Kier alpha value is -1.75. The molecule has 0 spiro atoms. The molecule has 80 valence electrons. The van der Waals surface area contributed by atoms with Gasteiger partial charge >= 0.3 is 0 Å². The summed E-state index contributed by atoms with van der Waals surface area (Å²) < 4.78 is 11.8. The second-order valence-electron chi connectivity index (χ2n) is 2.88. The monoisotopic (exact) mass is 211 g/mol. The number of allylic oxidation sites excluding steroid dienone is 1. The Labute approximate surface area is 85.8 Å². The predicted octanol–water partition coefficient (Wildman–Crippen LogP) is 2.15. The smallest absolute Gasteiger partial charge is 0.269 e. The summed E-state index contributed by atoms with van der Waals surface area (Å²) in [6.07, 6.45) is 1.55. The maximum absolute atomic E-state index is 11.8. The molecular formula is C10H10FNO3. The number of halogens is 1. The van der Waals surface area contributed by atoms with Crippen LogP contribution < -0.4 is 0 Å². The molecule has 0 aliphatic rings. The Bertz CT molecular complexity index is 361. The standard InChI is InChI=1S/C10H10FNO3/c11-7-1-2-10(13)8-3-5-9(6-4-8)12(14)15/h1-6,10,13H,7H2/b2-1+/t10-/m1/s1. The van der Waals surface area contributed by atoms with Gasteiger partial charge in [0.1, 0.15) is 6.67 Å². The lowest BCUT2D eigenvalue weighted by Gasteiger charge is -2.04. The van der Waals surface area contributed by atoms with E-state index in [0.29, 0.717) is 5.56 Å². The molecule has 0 unspecified atom stereocenters. The van der Waals surface area contributed by atoms with Crippen LogP contribution in [0.4, 0.5) is 10.1 Å². The number of rotatable bonds is 4. The first-order chi connectivity index (χ1) is 7.15. The Morgan fingerprint density at radius 2 is 2.07 bits per heavy atom. The van der Waals surface area contributed by atoms with Crippen LogP contribution in [-0.4, -0.2) is 16.7 Å². The second-order valence-corrected chi connectivity index (χ2v) is 2.88. The van der Waals surface area contributed by atoms with E-state index in [0.717, 1.165) is 0 Å². The normalized spacial score (nSPS) is 12.9. The Morgan fingerprint density at radius 1 is 1.47 bits per heavy atom. The Kier molecular flexibility index (Phi) is 3.93. The third-order valence-electron chi connectivity index (χ3n) is 1.85. The molecule has 0 aliphatic carbocycles.